The molecular formula is C39H22N2O2S. The molecule has 0 atom stereocenters. The van der Waals surface area contributed by atoms with Crippen LogP contribution in [-0.2, 0) is 0 Å². The van der Waals surface area contributed by atoms with Gasteiger partial charge in [0.2, 0.25) is 5.89 Å². The van der Waals surface area contributed by atoms with Crippen LogP contribution in [0.5, 0.6) is 0 Å². The highest BCUT2D eigenvalue weighted by molar-refractivity contribution is 7.25. The molecule has 10 aromatic rings. The van der Waals surface area contributed by atoms with Crippen molar-refractivity contribution in [1.29, 1.82) is 0 Å². The van der Waals surface area contributed by atoms with Gasteiger partial charge in [-0.1, -0.05) is 66.7 Å². The summed E-state index contributed by atoms with van der Waals surface area (Å²) in [5, 5.41) is 6.87. The summed E-state index contributed by atoms with van der Waals surface area (Å²) >= 11 is 1.84. The predicted octanol–water partition coefficient (Wildman–Crippen LogP) is 11.8. The average Bonchev–Trinajstić information content (AvgIpc) is 3.79. The van der Waals surface area contributed by atoms with Crippen LogP contribution in [0.25, 0.3) is 75.4 Å². The summed E-state index contributed by atoms with van der Waals surface area (Å²) in [6.07, 6.45) is 0. The number of rotatable bonds is 4. The van der Waals surface area contributed by atoms with Crippen molar-refractivity contribution in [3.8, 4) is 11.5 Å². The van der Waals surface area contributed by atoms with Crippen LogP contribution in [0.1, 0.15) is 0 Å². The summed E-state index contributed by atoms with van der Waals surface area (Å²) in [6, 6.07) is 46.7. The predicted molar refractivity (Wildman–Crippen MR) is 183 cm³/mol. The molecule has 206 valence electrons. The van der Waals surface area contributed by atoms with Crippen LogP contribution in [0.2, 0.25) is 0 Å². The van der Waals surface area contributed by atoms with Crippen molar-refractivity contribution >= 4 is 92.4 Å². The van der Waals surface area contributed by atoms with E-state index in [-0.39, 0.29) is 0 Å². The second-order valence-corrected chi connectivity index (χ2v) is 12.2. The summed E-state index contributed by atoms with van der Waals surface area (Å²) in [5.41, 5.74) is 7.60. The summed E-state index contributed by atoms with van der Waals surface area (Å²) in [6.45, 7) is 0. The van der Waals surface area contributed by atoms with Crippen molar-refractivity contribution in [2.45, 2.75) is 0 Å². The average molecular weight is 583 g/mol. The molecule has 7 aromatic carbocycles. The minimum absolute atomic E-state index is 0.607. The van der Waals surface area contributed by atoms with Gasteiger partial charge < -0.3 is 13.7 Å². The van der Waals surface area contributed by atoms with Crippen LogP contribution < -0.4 is 4.90 Å². The van der Waals surface area contributed by atoms with E-state index in [1.165, 1.54) is 20.2 Å². The third kappa shape index (κ3) is 3.36. The van der Waals surface area contributed by atoms with Gasteiger partial charge in [-0.15, -0.1) is 11.3 Å². The molecule has 0 saturated heterocycles. The largest absolute Gasteiger partial charge is 0.456 e. The minimum atomic E-state index is 0.607. The van der Waals surface area contributed by atoms with Gasteiger partial charge in [-0.3, -0.25) is 0 Å². The second kappa shape index (κ2) is 8.93. The first-order chi connectivity index (χ1) is 21.8. The van der Waals surface area contributed by atoms with Crippen molar-refractivity contribution in [3.05, 3.63) is 133 Å². The van der Waals surface area contributed by atoms with E-state index in [9.17, 15) is 0 Å². The molecule has 0 fully saturated rings. The number of aromatic nitrogens is 1. The fourth-order valence-electron chi connectivity index (χ4n) is 6.69. The quantitative estimate of drug-likeness (QED) is 0.194. The molecule has 3 aromatic heterocycles. The van der Waals surface area contributed by atoms with Crippen molar-refractivity contribution < 1.29 is 8.83 Å². The number of benzene rings is 7. The zero-order valence-electron chi connectivity index (χ0n) is 23.3. The molecule has 0 unspecified atom stereocenters. The molecule has 0 N–H and O–H groups in total. The third-order valence-electron chi connectivity index (χ3n) is 8.66. The molecule has 44 heavy (non-hydrogen) atoms. The topological polar surface area (TPSA) is 42.4 Å². The Morgan fingerprint density at radius 2 is 1.16 bits per heavy atom. The van der Waals surface area contributed by atoms with E-state index >= 15 is 0 Å². The van der Waals surface area contributed by atoms with Crippen molar-refractivity contribution in [1.82, 2.24) is 4.98 Å². The summed E-state index contributed by atoms with van der Waals surface area (Å²) in [5.74, 6) is 0.607. The first-order valence-corrected chi connectivity index (χ1v) is 15.4. The van der Waals surface area contributed by atoms with Gasteiger partial charge in [0.05, 0.1) is 0 Å². The maximum absolute atomic E-state index is 6.52. The number of oxazole rings is 1. The van der Waals surface area contributed by atoms with E-state index in [2.05, 4.69) is 114 Å². The van der Waals surface area contributed by atoms with Gasteiger partial charge in [0.1, 0.15) is 16.7 Å². The first-order valence-electron chi connectivity index (χ1n) is 14.6. The van der Waals surface area contributed by atoms with E-state index in [0.717, 1.165) is 66.4 Å². The van der Waals surface area contributed by atoms with Crippen molar-refractivity contribution in [2.24, 2.45) is 0 Å². The fourth-order valence-corrected chi connectivity index (χ4v) is 7.83. The Kier molecular flexibility index (Phi) is 4.84. The monoisotopic (exact) mass is 582 g/mol. The van der Waals surface area contributed by atoms with Crippen molar-refractivity contribution in [3.63, 3.8) is 0 Å². The Morgan fingerprint density at radius 1 is 0.500 bits per heavy atom. The Hall–Kier alpha value is -5.65. The molecule has 0 aliphatic rings. The molecule has 0 spiro atoms. The molecule has 0 aliphatic carbocycles. The lowest BCUT2D eigenvalue weighted by Crippen LogP contribution is -2.09. The number of anilines is 3. The highest BCUT2D eigenvalue weighted by Crippen LogP contribution is 2.44. The molecule has 0 radical (unpaired) electrons. The third-order valence-corrected chi connectivity index (χ3v) is 9.79. The normalized spacial score (nSPS) is 12.1. The second-order valence-electron chi connectivity index (χ2n) is 11.2. The lowest BCUT2D eigenvalue weighted by atomic mass is 10.0. The molecule has 0 amide bonds. The van der Waals surface area contributed by atoms with Crippen LogP contribution >= 0.6 is 11.3 Å². The highest BCUT2D eigenvalue weighted by atomic mass is 32.1. The molecule has 10 rings (SSSR count). The van der Waals surface area contributed by atoms with Gasteiger partial charge in [-0.05, 0) is 66.7 Å². The van der Waals surface area contributed by atoms with Crippen molar-refractivity contribution in [2.75, 3.05) is 4.90 Å². The summed E-state index contributed by atoms with van der Waals surface area (Å²) in [7, 11) is 0. The summed E-state index contributed by atoms with van der Waals surface area (Å²) < 4.78 is 15.2. The minimum Gasteiger partial charge on any atom is -0.456 e. The van der Waals surface area contributed by atoms with Gasteiger partial charge in [-0.2, -0.15) is 0 Å². The molecule has 5 heteroatoms. The zero-order chi connectivity index (χ0) is 28.8. The van der Waals surface area contributed by atoms with E-state index < -0.39 is 0 Å². The molecular weight excluding hydrogens is 561 g/mol. The molecule has 0 aliphatic heterocycles. The van der Waals surface area contributed by atoms with Crippen LogP contribution in [0.3, 0.4) is 0 Å². The van der Waals surface area contributed by atoms with Gasteiger partial charge in [-0.25, -0.2) is 4.98 Å². The standard InChI is InChI=1S/C39H22N2O2S/c1-2-8-24(9-3-1)41(26-20-21-28-27-10-4-5-15-33(27)44-34(28)22-26)25-18-16-23(17-19-25)39-40-37-29-11-6-13-31-35(29)36-30(38(37)43-39)12-7-14-32(36)42-31/h1-22H. The molecule has 4 nitrogen and oxygen atoms in total. The number of thiophene rings is 1. The highest BCUT2D eigenvalue weighted by Gasteiger charge is 2.21. The fraction of sp³-hybridized carbons (Fsp3) is 0. The Balaban J connectivity index is 1.11. The first kappa shape index (κ1) is 23.9. The smallest absolute Gasteiger partial charge is 0.227 e. The number of furan rings is 1. The van der Waals surface area contributed by atoms with E-state index in [1.54, 1.807) is 0 Å². The molecule has 3 heterocycles. The maximum Gasteiger partial charge on any atom is 0.227 e. The van der Waals surface area contributed by atoms with Gasteiger partial charge >= 0.3 is 0 Å². The number of hydrogen-bond donors (Lipinski definition) is 0. The SMILES string of the molecule is c1ccc(N(c2ccc(-c3nc4c5cccc6oc7cccc(c4o3)c7c65)cc2)c2ccc3c(c2)sc2ccccc23)cc1. The Bertz CT molecular complexity index is 2580. The lowest BCUT2D eigenvalue weighted by molar-refractivity contribution is 0.623. The van der Waals surface area contributed by atoms with Crippen LogP contribution in [0.4, 0.5) is 17.1 Å². The Morgan fingerprint density at radius 3 is 2.00 bits per heavy atom. The number of nitrogens with zero attached hydrogens (tertiary/aromatic N) is 2. The summed E-state index contributed by atoms with van der Waals surface area (Å²) in [4.78, 5) is 7.34. The van der Waals surface area contributed by atoms with E-state index in [1.807, 2.05) is 35.6 Å². The zero-order valence-corrected chi connectivity index (χ0v) is 24.1. The van der Waals surface area contributed by atoms with Gasteiger partial charge in [0.25, 0.3) is 0 Å². The number of hydrogen-bond acceptors (Lipinski definition) is 5. The van der Waals surface area contributed by atoms with E-state index in [4.69, 9.17) is 13.8 Å². The number of para-hydroxylation sites is 1. The lowest BCUT2D eigenvalue weighted by Gasteiger charge is -2.25. The van der Waals surface area contributed by atoms with Crippen LogP contribution in [0, 0.1) is 0 Å². The molecule has 0 bridgehead atoms. The van der Waals surface area contributed by atoms with E-state index in [0.29, 0.717) is 5.89 Å². The van der Waals surface area contributed by atoms with Crippen LogP contribution in [0.15, 0.2) is 142 Å². The maximum atomic E-state index is 6.52. The number of fused-ring (bicyclic) bond motifs is 6. The van der Waals surface area contributed by atoms with Crippen LogP contribution in [-0.4, -0.2) is 4.98 Å². The van der Waals surface area contributed by atoms with Gasteiger partial charge in [0.15, 0.2) is 5.58 Å². The molecule has 0 saturated carbocycles. The Labute approximate surface area is 255 Å². The van der Waals surface area contributed by atoms with Gasteiger partial charge in [0, 0.05) is 64.3 Å².